The van der Waals surface area contributed by atoms with E-state index in [2.05, 4.69) is 4.99 Å². The van der Waals surface area contributed by atoms with Gasteiger partial charge in [0.15, 0.2) is 0 Å². The second-order valence-corrected chi connectivity index (χ2v) is 5.01. The van der Waals surface area contributed by atoms with Crippen LogP contribution in [0.5, 0.6) is 0 Å². The maximum Gasteiger partial charge on any atom is 0.337 e. The molecule has 0 aliphatic heterocycles. The summed E-state index contributed by atoms with van der Waals surface area (Å²) in [6, 6.07) is 9.34. The van der Waals surface area contributed by atoms with Gasteiger partial charge in [-0.2, -0.15) is 0 Å². The van der Waals surface area contributed by atoms with Crippen molar-refractivity contribution in [3.05, 3.63) is 63.7 Å². The first-order valence-electron chi connectivity index (χ1n) is 6.30. The quantitative estimate of drug-likeness (QED) is 0.840. The van der Waals surface area contributed by atoms with Gasteiger partial charge in [0.25, 0.3) is 0 Å². The Morgan fingerprint density at radius 2 is 1.86 bits per heavy atom. The summed E-state index contributed by atoms with van der Waals surface area (Å²) in [4.78, 5) is 26.7. The summed E-state index contributed by atoms with van der Waals surface area (Å²) in [5.41, 5.74) is 1.12. The molecule has 2 aromatic rings. The van der Waals surface area contributed by atoms with E-state index in [1.54, 1.807) is 18.2 Å². The highest BCUT2D eigenvalue weighted by Crippen LogP contribution is 2.23. The fourth-order valence-electron chi connectivity index (χ4n) is 2.00. The number of benzene rings is 2. The molecule has 0 saturated carbocycles. The van der Waals surface area contributed by atoms with Gasteiger partial charge >= 0.3 is 11.9 Å². The Morgan fingerprint density at radius 3 is 2.45 bits per heavy atom. The zero-order chi connectivity index (χ0) is 16.3. The number of carboxylic acids is 2. The number of halogens is 1. The molecule has 0 aromatic heterocycles. The number of rotatable bonds is 4. The van der Waals surface area contributed by atoms with Gasteiger partial charge in [-0.15, -0.1) is 0 Å². The van der Waals surface area contributed by atoms with E-state index in [0.717, 1.165) is 5.56 Å². The molecular formula is C16H12ClNO4. The third-order valence-corrected chi connectivity index (χ3v) is 3.28. The van der Waals surface area contributed by atoms with Gasteiger partial charge < -0.3 is 10.2 Å². The van der Waals surface area contributed by atoms with Crippen molar-refractivity contribution in [2.24, 2.45) is 4.99 Å². The topological polar surface area (TPSA) is 87.0 Å². The van der Waals surface area contributed by atoms with Crippen LogP contribution in [0.4, 0.5) is 5.69 Å². The average Bonchev–Trinajstić information content (AvgIpc) is 2.45. The van der Waals surface area contributed by atoms with Crippen molar-refractivity contribution in [1.82, 2.24) is 0 Å². The van der Waals surface area contributed by atoms with Crippen molar-refractivity contribution in [1.29, 1.82) is 0 Å². The molecule has 0 aliphatic rings. The van der Waals surface area contributed by atoms with E-state index in [1.165, 1.54) is 24.4 Å². The van der Waals surface area contributed by atoms with Crippen molar-refractivity contribution in [2.45, 2.75) is 6.92 Å². The molecule has 0 aliphatic carbocycles. The predicted octanol–water partition coefficient (Wildman–Crippen LogP) is 3.80. The van der Waals surface area contributed by atoms with E-state index >= 15 is 0 Å². The lowest BCUT2D eigenvalue weighted by atomic mass is 10.0. The van der Waals surface area contributed by atoms with E-state index in [9.17, 15) is 14.7 Å². The summed E-state index contributed by atoms with van der Waals surface area (Å²) in [5.74, 6) is -2.61. The lowest BCUT2D eigenvalue weighted by molar-refractivity contribution is 0.0651. The van der Waals surface area contributed by atoms with Crippen LogP contribution in [0.25, 0.3) is 0 Å². The molecule has 2 rings (SSSR count). The smallest absolute Gasteiger partial charge is 0.337 e. The van der Waals surface area contributed by atoms with Crippen LogP contribution in [-0.4, -0.2) is 28.4 Å². The van der Waals surface area contributed by atoms with Crippen molar-refractivity contribution >= 4 is 35.4 Å². The first kappa shape index (κ1) is 15.7. The molecule has 0 fully saturated rings. The van der Waals surface area contributed by atoms with E-state index in [4.69, 9.17) is 16.7 Å². The van der Waals surface area contributed by atoms with E-state index in [1.807, 2.05) is 6.92 Å². The number of hydrogen-bond acceptors (Lipinski definition) is 3. The minimum Gasteiger partial charge on any atom is -0.478 e. The predicted molar refractivity (Wildman–Crippen MR) is 83.8 cm³/mol. The van der Waals surface area contributed by atoms with E-state index in [-0.39, 0.29) is 16.7 Å². The third kappa shape index (κ3) is 3.32. The third-order valence-electron chi connectivity index (χ3n) is 3.04. The Balaban J connectivity index is 2.49. The van der Waals surface area contributed by atoms with Crippen molar-refractivity contribution in [3.8, 4) is 0 Å². The number of carboxylic acid groups (broad SMARTS) is 2. The minimum absolute atomic E-state index is 0.224. The van der Waals surface area contributed by atoms with Crippen LogP contribution in [0.2, 0.25) is 5.02 Å². The molecule has 6 heteroatoms. The van der Waals surface area contributed by atoms with Gasteiger partial charge in [-0.25, -0.2) is 9.59 Å². The fourth-order valence-corrected chi connectivity index (χ4v) is 2.22. The van der Waals surface area contributed by atoms with Gasteiger partial charge in [-0.1, -0.05) is 23.7 Å². The summed E-state index contributed by atoms with van der Waals surface area (Å²) in [7, 11) is 0. The van der Waals surface area contributed by atoms with Crippen LogP contribution in [0.1, 0.15) is 31.8 Å². The van der Waals surface area contributed by atoms with Crippen molar-refractivity contribution in [3.63, 3.8) is 0 Å². The number of aromatic carboxylic acids is 2. The van der Waals surface area contributed by atoms with Gasteiger partial charge in [0.1, 0.15) is 0 Å². The molecule has 0 unspecified atom stereocenters. The molecular weight excluding hydrogens is 306 g/mol. The van der Waals surface area contributed by atoms with Gasteiger partial charge in [0.2, 0.25) is 0 Å². The highest BCUT2D eigenvalue weighted by Gasteiger charge is 2.18. The Labute approximate surface area is 131 Å². The summed E-state index contributed by atoms with van der Waals surface area (Å²) in [5, 5.41) is 18.9. The number of aliphatic imine (C=N–C) groups is 1. The van der Waals surface area contributed by atoms with Crippen LogP contribution >= 0.6 is 11.6 Å². The number of carbonyl (C=O) groups is 2. The van der Waals surface area contributed by atoms with Gasteiger partial charge in [-0.3, -0.25) is 4.99 Å². The van der Waals surface area contributed by atoms with Crippen LogP contribution < -0.4 is 0 Å². The number of aryl methyl sites for hydroxylation is 1. The average molecular weight is 318 g/mol. The lowest BCUT2D eigenvalue weighted by Crippen LogP contribution is -2.11. The van der Waals surface area contributed by atoms with Crippen LogP contribution in [-0.2, 0) is 0 Å². The van der Waals surface area contributed by atoms with Crippen molar-refractivity contribution in [2.75, 3.05) is 0 Å². The molecule has 0 amide bonds. The molecule has 0 bridgehead atoms. The molecule has 0 radical (unpaired) electrons. The summed E-state index contributed by atoms with van der Waals surface area (Å²) < 4.78 is 0. The fraction of sp³-hybridized carbons (Fsp3) is 0.0625. The Kier molecular flexibility index (Phi) is 4.58. The molecule has 2 aromatic carbocycles. The first-order valence-corrected chi connectivity index (χ1v) is 6.67. The highest BCUT2D eigenvalue weighted by molar-refractivity contribution is 6.30. The van der Waals surface area contributed by atoms with Gasteiger partial charge in [0, 0.05) is 16.8 Å². The van der Waals surface area contributed by atoms with Crippen LogP contribution in [0.3, 0.4) is 0 Å². The molecule has 0 saturated heterocycles. The summed E-state index contributed by atoms with van der Waals surface area (Å²) >= 11 is 5.86. The molecule has 112 valence electrons. The first-order chi connectivity index (χ1) is 10.4. The van der Waals surface area contributed by atoms with Gasteiger partial charge in [-0.05, 0) is 36.8 Å². The minimum atomic E-state index is -1.31. The number of nitrogens with zero attached hydrogens (tertiary/aromatic N) is 1. The molecule has 0 heterocycles. The molecule has 0 spiro atoms. The SMILES string of the molecule is Cc1cc(Cl)ccc1N=Cc1cccc(C(=O)O)c1C(=O)O. The normalized spacial score (nSPS) is 10.8. The molecule has 0 atom stereocenters. The molecule has 5 nitrogen and oxygen atoms in total. The lowest BCUT2D eigenvalue weighted by Gasteiger charge is -2.05. The van der Waals surface area contributed by atoms with Crippen molar-refractivity contribution < 1.29 is 19.8 Å². The Hall–Kier alpha value is -2.66. The number of hydrogen-bond donors (Lipinski definition) is 2. The van der Waals surface area contributed by atoms with E-state index in [0.29, 0.717) is 10.7 Å². The second kappa shape index (κ2) is 6.41. The summed E-state index contributed by atoms with van der Waals surface area (Å²) in [6.07, 6.45) is 1.34. The maximum atomic E-state index is 11.3. The largest absolute Gasteiger partial charge is 0.478 e. The Morgan fingerprint density at radius 1 is 1.14 bits per heavy atom. The van der Waals surface area contributed by atoms with E-state index < -0.39 is 11.9 Å². The molecule has 2 N–H and O–H groups in total. The standard InChI is InChI=1S/C16H12ClNO4/c1-9-7-11(17)5-6-13(9)18-8-10-3-2-4-12(15(19)20)14(10)16(21)22/h2-8H,1H3,(H,19,20)(H,21,22). The maximum absolute atomic E-state index is 11.3. The van der Waals surface area contributed by atoms with Gasteiger partial charge in [0.05, 0.1) is 16.8 Å². The van der Waals surface area contributed by atoms with Crippen LogP contribution in [0.15, 0.2) is 41.4 Å². The second-order valence-electron chi connectivity index (χ2n) is 4.57. The Bertz CT molecular complexity index is 784. The molecule has 22 heavy (non-hydrogen) atoms. The zero-order valence-corrected chi connectivity index (χ0v) is 12.3. The zero-order valence-electron chi connectivity index (χ0n) is 11.6. The van der Waals surface area contributed by atoms with Crippen LogP contribution in [0, 0.1) is 6.92 Å². The summed E-state index contributed by atoms with van der Waals surface area (Å²) in [6.45, 7) is 1.82. The monoisotopic (exact) mass is 317 g/mol. The highest BCUT2D eigenvalue weighted by atomic mass is 35.5.